The van der Waals surface area contributed by atoms with Gasteiger partial charge in [-0.1, -0.05) is 6.92 Å². The Bertz CT molecular complexity index is 522. The third-order valence-corrected chi connectivity index (χ3v) is 4.61. The zero-order chi connectivity index (χ0) is 13.9. The first kappa shape index (κ1) is 14.9. The maximum absolute atomic E-state index is 12.2. The van der Waals surface area contributed by atoms with Crippen molar-refractivity contribution in [1.82, 2.24) is 4.72 Å². The standard InChI is InChI=1S/C12H20N2O3S/c1-4-11(7-15)14-18(16,17)12-6-10(13)5-8(2)9(12)3/h5-6,11,14-15H,4,7,13H2,1-3H3/t11-/m0/s1. The highest BCUT2D eigenvalue weighted by Gasteiger charge is 2.21. The van der Waals surface area contributed by atoms with Crippen LogP contribution in [0.5, 0.6) is 0 Å². The SMILES string of the molecule is CC[C@@H](CO)NS(=O)(=O)c1cc(N)cc(C)c1C. The molecule has 0 aliphatic carbocycles. The Morgan fingerprint density at radius 1 is 1.39 bits per heavy atom. The third-order valence-electron chi connectivity index (χ3n) is 2.97. The summed E-state index contributed by atoms with van der Waals surface area (Å²) in [5.74, 6) is 0. The largest absolute Gasteiger partial charge is 0.399 e. The van der Waals surface area contributed by atoms with Gasteiger partial charge in [0.15, 0.2) is 0 Å². The number of nitrogens with one attached hydrogen (secondary N) is 1. The molecular formula is C12H20N2O3S. The van der Waals surface area contributed by atoms with E-state index >= 15 is 0 Å². The fraction of sp³-hybridized carbons (Fsp3) is 0.500. The first-order valence-corrected chi connectivity index (χ1v) is 7.30. The van der Waals surface area contributed by atoms with Crippen LogP contribution in [0.15, 0.2) is 17.0 Å². The lowest BCUT2D eigenvalue weighted by molar-refractivity contribution is 0.254. The summed E-state index contributed by atoms with van der Waals surface area (Å²) >= 11 is 0. The van der Waals surface area contributed by atoms with E-state index in [9.17, 15) is 8.42 Å². The van der Waals surface area contributed by atoms with Gasteiger partial charge in [-0.25, -0.2) is 13.1 Å². The Balaban J connectivity index is 3.20. The Labute approximate surface area is 108 Å². The van der Waals surface area contributed by atoms with E-state index in [1.165, 1.54) is 6.07 Å². The van der Waals surface area contributed by atoms with Crippen molar-refractivity contribution < 1.29 is 13.5 Å². The molecule has 102 valence electrons. The van der Waals surface area contributed by atoms with Crippen molar-refractivity contribution in [1.29, 1.82) is 0 Å². The van der Waals surface area contributed by atoms with Crippen LogP contribution in [-0.2, 0) is 10.0 Å². The second-order valence-electron chi connectivity index (χ2n) is 4.37. The van der Waals surface area contributed by atoms with Crippen molar-refractivity contribution in [2.24, 2.45) is 0 Å². The molecule has 0 aliphatic heterocycles. The second kappa shape index (κ2) is 5.69. The number of sulfonamides is 1. The van der Waals surface area contributed by atoms with Gasteiger partial charge < -0.3 is 10.8 Å². The van der Waals surface area contributed by atoms with Crippen LogP contribution in [0.25, 0.3) is 0 Å². The van der Waals surface area contributed by atoms with E-state index in [-0.39, 0.29) is 11.5 Å². The number of benzene rings is 1. The predicted molar refractivity (Wildman–Crippen MR) is 71.8 cm³/mol. The number of aliphatic hydroxyl groups excluding tert-OH is 1. The first-order valence-electron chi connectivity index (χ1n) is 5.81. The minimum Gasteiger partial charge on any atom is -0.399 e. The number of hydrogen-bond acceptors (Lipinski definition) is 4. The molecule has 0 aliphatic rings. The Hall–Kier alpha value is -1.11. The highest BCUT2D eigenvalue weighted by Crippen LogP contribution is 2.22. The molecule has 0 saturated heterocycles. The van der Waals surface area contributed by atoms with Crippen molar-refractivity contribution in [2.75, 3.05) is 12.3 Å². The normalized spacial score (nSPS) is 13.6. The quantitative estimate of drug-likeness (QED) is 0.695. The summed E-state index contributed by atoms with van der Waals surface area (Å²) < 4.78 is 26.9. The summed E-state index contributed by atoms with van der Waals surface area (Å²) in [6.07, 6.45) is 0.524. The van der Waals surface area contributed by atoms with Gasteiger partial charge in [0.05, 0.1) is 11.5 Å². The van der Waals surface area contributed by atoms with Crippen molar-refractivity contribution in [3.05, 3.63) is 23.3 Å². The topological polar surface area (TPSA) is 92.4 Å². The van der Waals surface area contributed by atoms with E-state index in [0.29, 0.717) is 17.7 Å². The molecule has 0 spiro atoms. The van der Waals surface area contributed by atoms with Crippen molar-refractivity contribution >= 4 is 15.7 Å². The first-order chi connectivity index (χ1) is 8.31. The van der Waals surface area contributed by atoms with Gasteiger partial charge in [-0.3, -0.25) is 0 Å². The van der Waals surface area contributed by atoms with E-state index in [4.69, 9.17) is 10.8 Å². The van der Waals surface area contributed by atoms with Gasteiger partial charge in [-0.05, 0) is 43.5 Å². The van der Waals surface area contributed by atoms with Crippen molar-refractivity contribution in [2.45, 2.75) is 38.1 Å². The molecule has 1 atom stereocenters. The lowest BCUT2D eigenvalue weighted by atomic mass is 10.1. The van der Waals surface area contributed by atoms with Gasteiger partial charge in [-0.15, -0.1) is 0 Å². The zero-order valence-corrected chi connectivity index (χ0v) is 11.7. The fourth-order valence-electron chi connectivity index (χ4n) is 1.67. The fourth-order valence-corrected chi connectivity index (χ4v) is 3.33. The number of nitrogens with two attached hydrogens (primary N) is 1. The molecule has 0 aromatic heterocycles. The van der Waals surface area contributed by atoms with Crippen LogP contribution in [-0.4, -0.2) is 26.2 Å². The van der Waals surface area contributed by atoms with Gasteiger partial charge in [0.1, 0.15) is 0 Å². The summed E-state index contributed by atoms with van der Waals surface area (Å²) in [6.45, 7) is 5.13. The Morgan fingerprint density at radius 3 is 2.50 bits per heavy atom. The third kappa shape index (κ3) is 3.22. The molecule has 0 bridgehead atoms. The maximum atomic E-state index is 12.2. The molecule has 1 aromatic carbocycles. The average molecular weight is 272 g/mol. The molecule has 1 rings (SSSR count). The smallest absolute Gasteiger partial charge is 0.241 e. The highest BCUT2D eigenvalue weighted by atomic mass is 32.2. The average Bonchev–Trinajstić information content (AvgIpc) is 2.30. The van der Waals surface area contributed by atoms with Gasteiger partial charge in [0.25, 0.3) is 0 Å². The minimum atomic E-state index is -3.65. The van der Waals surface area contributed by atoms with Crippen molar-refractivity contribution in [3.63, 3.8) is 0 Å². The number of anilines is 1. The van der Waals surface area contributed by atoms with Gasteiger partial charge in [-0.2, -0.15) is 0 Å². The van der Waals surface area contributed by atoms with Crippen LogP contribution < -0.4 is 10.5 Å². The van der Waals surface area contributed by atoms with E-state index in [2.05, 4.69) is 4.72 Å². The Kier molecular flexibility index (Phi) is 4.72. The molecule has 6 heteroatoms. The van der Waals surface area contributed by atoms with Crippen molar-refractivity contribution in [3.8, 4) is 0 Å². The van der Waals surface area contributed by atoms with Crippen LogP contribution in [0.2, 0.25) is 0 Å². The van der Waals surface area contributed by atoms with Gasteiger partial charge in [0, 0.05) is 11.7 Å². The number of aryl methyl sites for hydroxylation is 1. The van der Waals surface area contributed by atoms with Crippen LogP contribution in [0, 0.1) is 13.8 Å². The van der Waals surface area contributed by atoms with E-state index < -0.39 is 16.1 Å². The van der Waals surface area contributed by atoms with Crippen LogP contribution in [0.3, 0.4) is 0 Å². The summed E-state index contributed by atoms with van der Waals surface area (Å²) in [5, 5.41) is 9.06. The molecule has 0 unspecified atom stereocenters. The molecule has 4 N–H and O–H groups in total. The predicted octanol–water partition coefficient (Wildman–Crippen LogP) is 0.935. The monoisotopic (exact) mass is 272 g/mol. The molecule has 5 nitrogen and oxygen atoms in total. The van der Waals surface area contributed by atoms with Gasteiger partial charge in [0.2, 0.25) is 10.0 Å². The van der Waals surface area contributed by atoms with Gasteiger partial charge >= 0.3 is 0 Å². The highest BCUT2D eigenvalue weighted by molar-refractivity contribution is 7.89. The molecule has 18 heavy (non-hydrogen) atoms. The number of rotatable bonds is 5. The lowest BCUT2D eigenvalue weighted by Crippen LogP contribution is -2.37. The number of nitrogen functional groups attached to an aromatic ring is 1. The van der Waals surface area contributed by atoms with E-state index in [0.717, 1.165) is 5.56 Å². The Morgan fingerprint density at radius 2 is 2.00 bits per heavy atom. The molecule has 0 heterocycles. The summed E-state index contributed by atoms with van der Waals surface area (Å²) in [5.41, 5.74) is 7.59. The number of aliphatic hydroxyl groups is 1. The van der Waals surface area contributed by atoms with Crippen LogP contribution in [0.4, 0.5) is 5.69 Å². The molecule has 0 fully saturated rings. The summed E-state index contributed by atoms with van der Waals surface area (Å²) in [6, 6.07) is 2.70. The molecular weight excluding hydrogens is 252 g/mol. The maximum Gasteiger partial charge on any atom is 0.241 e. The summed E-state index contributed by atoms with van der Waals surface area (Å²) in [4.78, 5) is 0.173. The van der Waals surface area contributed by atoms with E-state index in [1.807, 2.05) is 6.92 Å². The van der Waals surface area contributed by atoms with Crippen LogP contribution >= 0.6 is 0 Å². The second-order valence-corrected chi connectivity index (χ2v) is 6.05. The number of hydrogen-bond donors (Lipinski definition) is 3. The van der Waals surface area contributed by atoms with Crippen LogP contribution in [0.1, 0.15) is 24.5 Å². The molecule has 0 amide bonds. The summed E-state index contributed by atoms with van der Waals surface area (Å²) in [7, 11) is -3.65. The molecule has 0 saturated carbocycles. The van der Waals surface area contributed by atoms with E-state index in [1.54, 1.807) is 19.9 Å². The minimum absolute atomic E-state index is 0.173. The molecule has 0 radical (unpaired) electrons. The zero-order valence-electron chi connectivity index (χ0n) is 10.9. The molecule has 1 aromatic rings. The lowest BCUT2D eigenvalue weighted by Gasteiger charge is -2.17.